The zero-order valence-corrected chi connectivity index (χ0v) is 11.5. The lowest BCUT2D eigenvalue weighted by molar-refractivity contribution is 0.369. The fourth-order valence-corrected chi connectivity index (χ4v) is 2.71. The van der Waals surface area contributed by atoms with Crippen molar-refractivity contribution in [3.8, 4) is 0 Å². The van der Waals surface area contributed by atoms with Crippen molar-refractivity contribution in [2.24, 2.45) is 0 Å². The van der Waals surface area contributed by atoms with Crippen LogP contribution in [0.25, 0.3) is 0 Å². The van der Waals surface area contributed by atoms with E-state index >= 15 is 0 Å². The molecule has 2 rings (SSSR count). The fraction of sp³-hybridized carbons (Fsp3) is 0.625. The van der Waals surface area contributed by atoms with Crippen molar-refractivity contribution in [1.82, 2.24) is 11.1 Å². The van der Waals surface area contributed by atoms with Crippen LogP contribution in [0.2, 0.25) is 0 Å². The van der Waals surface area contributed by atoms with E-state index in [-0.39, 0.29) is 0 Å². The summed E-state index contributed by atoms with van der Waals surface area (Å²) in [6.07, 6.45) is 6.67. The molecular formula is C8H11I2N3. The predicted octanol–water partition coefficient (Wildman–Crippen LogP) is 2.61. The first kappa shape index (κ1) is 10.2. The van der Waals surface area contributed by atoms with Crippen LogP contribution < -0.4 is 0 Å². The maximum Gasteiger partial charge on any atom is 0.0843 e. The minimum atomic E-state index is 0.731. The molecule has 1 aliphatic heterocycles. The quantitative estimate of drug-likeness (QED) is 0.532. The summed E-state index contributed by atoms with van der Waals surface area (Å²) in [6, 6.07) is 0. The Labute approximate surface area is 106 Å². The fourth-order valence-electron chi connectivity index (χ4n) is 1.70. The molecule has 1 aromatic rings. The lowest BCUT2D eigenvalue weighted by atomic mass is 9.93. The van der Waals surface area contributed by atoms with Gasteiger partial charge in [0.15, 0.2) is 0 Å². The average molecular weight is 403 g/mol. The van der Waals surface area contributed by atoms with Gasteiger partial charge in [0, 0.05) is 42.2 Å². The Kier molecular flexibility index (Phi) is 3.46. The Morgan fingerprint density at radius 2 is 2.00 bits per heavy atom. The molecule has 0 atom stereocenters. The summed E-state index contributed by atoms with van der Waals surface area (Å²) in [5.74, 6) is 0.731. The zero-order chi connectivity index (χ0) is 9.26. The molecule has 0 saturated carbocycles. The number of piperidine rings is 1. The van der Waals surface area contributed by atoms with Gasteiger partial charge in [0.05, 0.1) is 29.1 Å². The Morgan fingerprint density at radius 1 is 1.31 bits per heavy atom. The molecule has 1 aliphatic rings. The zero-order valence-electron chi connectivity index (χ0n) is 7.16. The molecule has 0 spiro atoms. The van der Waals surface area contributed by atoms with Gasteiger partial charge < -0.3 is 0 Å². The van der Waals surface area contributed by atoms with E-state index in [1.807, 2.05) is 9.09 Å². The number of aromatic nitrogens is 2. The molecule has 0 aliphatic carbocycles. The molecule has 1 saturated heterocycles. The molecule has 0 aromatic carbocycles. The second-order valence-electron chi connectivity index (χ2n) is 3.35. The van der Waals surface area contributed by atoms with Gasteiger partial charge in [-0.25, -0.2) is 6.01 Å². The van der Waals surface area contributed by atoms with Gasteiger partial charge in [0.1, 0.15) is 0 Å². The molecule has 0 unspecified atom stereocenters. The van der Waals surface area contributed by atoms with E-state index in [0.29, 0.717) is 0 Å². The van der Waals surface area contributed by atoms with Crippen LogP contribution in [0, 0.1) is 0 Å². The first-order chi connectivity index (χ1) is 6.25. The van der Waals surface area contributed by atoms with E-state index in [9.17, 15) is 0 Å². The summed E-state index contributed by atoms with van der Waals surface area (Å²) in [7, 11) is 0. The van der Waals surface area contributed by atoms with Crippen molar-refractivity contribution in [2.75, 3.05) is 13.1 Å². The highest BCUT2D eigenvalue weighted by Gasteiger charge is 2.19. The SMILES string of the molecule is IN1CCC(c2cnn(I)c2)CC1. The van der Waals surface area contributed by atoms with Crippen molar-refractivity contribution in [3.05, 3.63) is 18.0 Å². The molecular weight excluding hydrogens is 392 g/mol. The maximum absolute atomic E-state index is 4.20. The van der Waals surface area contributed by atoms with Gasteiger partial charge in [-0.1, -0.05) is 0 Å². The van der Waals surface area contributed by atoms with E-state index in [1.165, 1.54) is 31.5 Å². The normalized spacial score (nSPS) is 20.8. The van der Waals surface area contributed by atoms with E-state index in [4.69, 9.17) is 0 Å². The van der Waals surface area contributed by atoms with E-state index in [1.54, 1.807) is 0 Å². The van der Waals surface area contributed by atoms with Crippen LogP contribution in [-0.2, 0) is 0 Å². The lowest BCUT2D eigenvalue weighted by Gasteiger charge is -2.26. The Bertz CT molecular complexity index is 279. The second-order valence-corrected chi connectivity index (χ2v) is 5.70. The first-order valence-corrected chi connectivity index (χ1v) is 6.30. The van der Waals surface area contributed by atoms with E-state index in [0.717, 1.165) is 5.92 Å². The molecule has 72 valence electrons. The van der Waals surface area contributed by atoms with Crippen LogP contribution in [0.3, 0.4) is 0 Å². The minimum Gasteiger partial charge on any atom is -0.248 e. The lowest BCUT2D eigenvalue weighted by Crippen LogP contribution is -2.24. The highest BCUT2D eigenvalue weighted by molar-refractivity contribution is 14.1. The predicted molar refractivity (Wildman–Crippen MR) is 69.2 cm³/mol. The standard InChI is InChI=1S/C8H11I2N3/c9-12-3-1-7(2-4-12)8-5-11-13(10)6-8/h5-7H,1-4H2. The van der Waals surface area contributed by atoms with Gasteiger partial charge in [0.25, 0.3) is 0 Å². The third-order valence-corrected chi connectivity index (χ3v) is 3.98. The van der Waals surface area contributed by atoms with Gasteiger partial charge in [-0.15, -0.1) is 0 Å². The average Bonchev–Trinajstić information content (AvgIpc) is 2.53. The largest absolute Gasteiger partial charge is 0.248 e. The Hall–Kier alpha value is 0.630. The van der Waals surface area contributed by atoms with Gasteiger partial charge in [-0.3, -0.25) is 0 Å². The number of rotatable bonds is 1. The minimum absolute atomic E-state index is 0.731. The second kappa shape index (κ2) is 4.43. The van der Waals surface area contributed by atoms with Crippen molar-refractivity contribution in [2.45, 2.75) is 18.8 Å². The van der Waals surface area contributed by atoms with E-state index in [2.05, 4.69) is 60.1 Å². The summed E-state index contributed by atoms with van der Waals surface area (Å²) in [4.78, 5) is 0. The van der Waals surface area contributed by atoms with Crippen LogP contribution >= 0.6 is 45.7 Å². The van der Waals surface area contributed by atoms with Crippen LogP contribution in [-0.4, -0.2) is 24.2 Å². The van der Waals surface area contributed by atoms with Crippen LogP contribution in [0.4, 0.5) is 0 Å². The number of hydrogen-bond acceptors (Lipinski definition) is 2. The molecule has 3 nitrogen and oxygen atoms in total. The monoisotopic (exact) mass is 403 g/mol. The molecule has 0 radical (unpaired) electrons. The van der Waals surface area contributed by atoms with Crippen LogP contribution in [0.5, 0.6) is 0 Å². The molecule has 0 amide bonds. The first-order valence-electron chi connectivity index (χ1n) is 4.37. The molecule has 1 fully saturated rings. The van der Waals surface area contributed by atoms with Gasteiger partial charge in [-0.05, 0) is 24.3 Å². The highest BCUT2D eigenvalue weighted by atomic mass is 127. The van der Waals surface area contributed by atoms with Crippen molar-refractivity contribution in [1.29, 1.82) is 0 Å². The number of nitrogens with zero attached hydrogens (tertiary/aromatic N) is 3. The molecule has 1 aromatic heterocycles. The van der Waals surface area contributed by atoms with Gasteiger partial charge in [0.2, 0.25) is 0 Å². The van der Waals surface area contributed by atoms with Crippen molar-refractivity contribution in [3.63, 3.8) is 0 Å². The summed E-state index contributed by atoms with van der Waals surface area (Å²) in [5, 5.41) is 4.20. The molecule has 0 bridgehead atoms. The highest BCUT2D eigenvalue weighted by Crippen LogP contribution is 2.28. The Balaban J connectivity index is 2.02. The Morgan fingerprint density at radius 3 is 2.54 bits per heavy atom. The third-order valence-electron chi connectivity index (χ3n) is 2.48. The van der Waals surface area contributed by atoms with Gasteiger partial charge >= 0.3 is 0 Å². The smallest absolute Gasteiger partial charge is 0.0843 e. The third kappa shape index (κ3) is 2.56. The summed E-state index contributed by atoms with van der Waals surface area (Å²) in [5.41, 5.74) is 1.40. The summed E-state index contributed by atoms with van der Waals surface area (Å²) < 4.78 is 4.23. The van der Waals surface area contributed by atoms with Crippen molar-refractivity contribution >= 4 is 45.7 Å². The molecule has 2 heterocycles. The summed E-state index contributed by atoms with van der Waals surface area (Å²) in [6.45, 7) is 2.41. The van der Waals surface area contributed by atoms with Gasteiger partial charge in [-0.2, -0.15) is 5.10 Å². The molecule has 0 N–H and O–H groups in total. The van der Waals surface area contributed by atoms with Crippen LogP contribution in [0.1, 0.15) is 24.3 Å². The molecule has 13 heavy (non-hydrogen) atoms. The maximum atomic E-state index is 4.20. The van der Waals surface area contributed by atoms with Crippen LogP contribution in [0.15, 0.2) is 12.4 Å². The van der Waals surface area contributed by atoms with E-state index < -0.39 is 0 Å². The topological polar surface area (TPSA) is 21.1 Å². The number of hydrogen-bond donors (Lipinski definition) is 0. The number of halogens is 2. The molecule has 5 heteroatoms. The van der Waals surface area contributed by atoms with Crippen molar-refractivity contribution < 1.29 is 0 Å². The summed E-state index contributed by atoms with van der Waals surface area (Å²) >= 11 is 4.60.